The number of nitrogens with one attached hydrogen (secondary N) is 2. The molecule has 1 amide bonds. The van der Waals surface area contributed by atoms with Crippen LogP contribution in [0.25, 0.3) is 22.1 Å². The molecule has 4 aromatic rings. The maximum atomic E-state index is 13.4. The van der Waals surface area contributed by atoms with Gasteiger partial charge in [-0.15, -0.1) is 10.2 Å². The van der Waals surface area contributed by atoms with E-state index in [9.17, 15) is 9.18 Å². The molecule has 3 heterocycles. The Bertz CT molecular complexity index is 1090. The molecule has 0 spiro atoms. The van der Waals surface area contributed by atoms with Crippen molar-refractivity contribution in [3.63, 3.8) is 0 Å². The lowest BCUT2D eigenvalue weighted by molar-refractivity contribution is -0.113. The first-order chi connectivity index (χ1) is 12.1. The van der Waals surface area contributed by atoms with Crippen LogP contribution in [0, 0.1) is 12.7 Å². The topological polar surface area (TPSA) is 110 Å². The summed E-state index contributed by atoms with van der Waals surface area (Å²) >= 11 is 1.13. The molecule has 0 bridgehead atoms. The van der Waals surface area contributed by atoms with Crippen molar-refractivity contribution in [3.8, 4) is 0 Å². The number of rotatable bonds is 4. The number of thioether (sulfide) groups is 1. The Labute approximate surface area is 144 Å². The summed E-state index contributed by atoms with van der Waals surface area (Å²) in [7, 11) is 0. The first kappa shape index (κ1) is 15.5. The van der Waals surface area contributed by atoms with Crippen molar-refractivity contribution in [2.24, 2.45) is 0 Å². The zero-order chi connectivity index (χ0) is 17.4. The molecule has 25 heavy (non-hydrogen) atoms. The summed E-state index contributed by atoms with van der Waals surface area (Å²) in [6.07, 6.45) is 0. The van der Waals surface area contributed by atoms with E-state index in [1.165, 1.54) is 12.1 Å². The first-order valence-electron chi connectivity index (χ1n) is 7.26. The Hall–Kier alpha value is -3.01. The van der Waals surface area contributed by atoms with Gasteiger partial charge in [-0.2, -0.15) is 0 Å². The van der Waals surface area contributed by atoms with Gasteiger partial charge in [0.2, 0.25) is 11.1 Å². The lowest BCUT2D eigenvalue weighted by atomic mass is 10.2. The molecule has 4 rings (SSSR count). The quantitative estimate of drug-likeness (QED) is 0.540. The molecule has 0 unspecified atom stereocenters. The van der Waals surface area contributed by atoms with E-state index in [0.717, 1.165) is 17.3 Å². The van der Waals surface area contributed by atoms with Crippen LogP contribution in [0.5, 0.6) is 0 Å². The number of aryl methyl sites for hydroxylation is 1. The number of nitrogens with zero attached hydrogens (tertiary/aromatic N) is 4. The Balaban J connectivity index is 1.50. The van der Waals surface area contributed by atoms with Gasteiger partial charge in [-0.3, -0.25) is 4.79 Å². The van der Waals surface area contributed by atoms with Crippen molar-refractivity contribution in [2.45, 2.75) is 12.1 Å². The number of H-pyrrole nitrogens is 1. The molecule has 3 aromatic heterocycles. The van der Waals surface area contributed by atoms with Crippen LogP contribution in [0.3, 0.4) is 0 Å². The highest BCUT2D eigenvalue weighted by atomic mass is 32.2. The predicted octanol–water partition coefficient (Wildman–Crippen LogP) is 2.67. The highest BCUT2D eigenvalue weighted by molar-refractivity contribution is 7.99. The average molecular weight is 358 g/mol. The minimum Gasteiger partial charge on any atom is -0.360 e. The Morgan fingerprint density at radius 2 is 2.24 bits per heavy atom. The monoisotopic (exact) mass is 358 g/mol. The van der Waals surface area contributed by atoms with Crippen LogP contribution in [0.2, 0.25) is 0 Å². The number of carbonyl (C=O) groups excluding carboxylic acids is 1. The summed E-state index contributed by atoms with van der Waals surface area (Å²) in [6, 6.07) is 5.98. The number of aromatic amines is 1. The number of hydrogen-bond donors (Lipinski definition) is 2. The van der Waals surface area contributed by atoms with E-state index in [-0.39, 0.29) is 17.5 Å². The highest BCUT2D eigenvalue weighted by Gasteiger charge is 2.12. The lowest BCUT2D eigenvalue weighted by Crippen LogP contribution is -2.14. The van der Waals surface area contributed by atoms with E-state index in [1.807, 2.05) is 0 Å². The van der Waals surface area contributed by atoms with E-state index < -0.39 is 0 Å². The molecule has 0 fully saturated rings. The van der Waals surface area contributed by atoms with Gasteiger partial charge in [-0.1, -0.05) is 16.9 Å². The summed E-state index contributed by atoms with van der Waals surface area (Å²) in [5.41, 5.74) is 1.70. The number of anilines is 1. The maximum Gasteiger partial charge on any atom is 0.236 e. The maximum absolute atomic E-state index is 13.4. The summed E-state index contributed by atoms with van der Waals surface area (Å²) in [6.45, 7) is 1.73. The van der Waals surface area contributed by atoms with Crippen molar-refractivity contribution < 1.29 is 13.7 Å². The van der Waals surface area contributed by atoms with Crippen LogP contribution in [0.1, 0.15) is 5.76 Å². The molecule has 2 N–H and O–H groups in total. The minimum atomic E-state index is -0.353. The van der Waals surface area contributed by atoms with Gasteiger partial charge >= 0.3 is 0 Å². The van der Waals surface area contributed by atoms with E-state index in [0.29, 0.717) is 33.3 Å². The molecule has 0 aliphatic rings. The van der Waals surface area contributed by atoms with Crippen molar-refractivity contribution in [3.05, 3.63) is 35.8 Å². The molecule has 0 radical (unpaired) electrons. The Morgan fingerprint density at radius 1 is 1.36 bits per heavy atom. The normalized spacial score (nSPS) is 11.3. The number of aromatic nitrogens is 5. The van der Waals surface area contributed by atoms with Crippen molar-refractivity contribution in [2.75, 3.05) is 11.1 Å². The number of halogens is 1. The number of hydrogen-bond acceptors (Lipinski definition) is 7. The van der Waals surface area contributed by atoms with Crippen molar-refractivity contribution >= 4 is 45.6 Å². The third-order valence-corrected chi connectivity index (χ3v) is 4.22. The van der Waals surface area contributed by atoms with Crippen LogP contribution in [0.15, 0.2) is 33.9 Å². The SMILES string of the molecule is Cc1cc(NC(=O)CSc2nnc3c(n2)[nH]c2ccc(F)cc23)no1. The lowest BCUT2D eigenvalue weighted by Gasteiger charge is -2.00. The summed E-state index contributed by atoms with van der Waals surface area (Å²) in [5.74, 6) is 0.439. The van der Waals surface area contributed by atoms with E-state index in [1.54, 1.807) is 19.1 Å². The molecule has 0 aliphatic carbocycles. The Kier molecular flexibility index (Phi) is 3.80. The number of amides is 1. The zero-order valence-corrected chi connectivity index (χ0v) is 13.7. The predicted molar refractivity (Wildman–Crippen MR) is 89.7 cm³/mol. The third kappa shape index (κ3) is 3.15. The van der Waals surface area contributed by atoms with Gasteiger partial charge in [-0.05, 0) is 25.1 Å². The van der Waals surface area contributed by atoms with Gasteiger partial charge in [-0.25, -0.2) is 9.37 Å². The summed E-state index contributed by atoms with van der Waals surface area (Å²) < 4.78 is 18.2. The fourth-order valence-electron chi connectivity index (χ4n) is 2.32. The largest absolute Gasteiger partial charge is 0.360 e. The zero-order valence-electron chi connectivity index (χ0n) is 12.9. The van der Waals surface area contributed by atoms with Crippen LogP contribution in [0.4, 0.5) is 10.2 Å². The van der Waals surface area contributed by atoms with Crippen molar-refractivity contribution in [1.29, 1.82) is 0 Å². The second kappa shape index (κ2) is 6.13. The molecule has 0 aliphatic heterocycles. The van der Waals surface area contributed by atoms with Crippen molar-refractivity contribution in [1.82, 2.24) is 25.3 Å². The second-order valence-electron chi connectivity index (χ2n) is 5.27. The van der Waals surface area contributed by atoms with Crippen LogP contribution < -0.4 is 5.32 Å². The molecule has 0 saturated heterocycles. The van der Waals surface area contributed by atoms with Gasteiger partial charge in [0.25, 0.3) is 0 Å². The Morgan fingerprint density at radius 3 is 3.04 bits per heavy atom. The third-order valence-electron chi connectivity index (χ3n) is 3.38. The van der Waals surface area contributed by atoms with Crippen LogP contribution >= 0.6 is 11.8 Å². The summed E-state index contributed by atoms with van der Waals surface area (Å²) in [4.78, 5) is 19.3. The molecule has 8 nitrogen and oxygen atoms in total. The van der Waals surface area contributed by atoms with Crippen LogP contribution in [-0.4, -0.2) is 37.0 Å². The van der Waals surface area contributed by atoms with E-state index in [2.05, 4.69) is 30.6 Å². The number of benzene rings is 1. The first-order valence-corrected chi connectivity index (χ1v) is 8.25. The molecule has 126 valence electrons. The molecule has 0 saturated carbocycles. The van der Waals surface area contributed by atoms with Gasteiger partial charge in [0.15, 0.2) is 11.5 Å². The molecular formula is C15H11FN6O2S. The van der Waals surface area contributed by atoms with Gasteiger partial charge in [0, 0.05) is 17.0 Å². The smallest absolute Gasteiger partial charge is 0.236 e. The molecular weight excluding hydrogens is 347 g/mol. The molecule has 0 atom stereocenters. The second-order valence-corrected chi connectivity index (χ2v) is 6.21. The standard InChI is InChI=1S/C15H11FN6O2S/c1-7-4-11(22-24-7)18-12(23)6-25-15-19-14-13(20-21-15)9-5-8(16)2-3-10(9)17-14/h2-5H,6H2,1H3,(H,17,19,21)(H,18,22,23). The minimum absolute atomic E-state index is 0.0912. The van der Waals surface area contributed by atoms with Gasteiger partial charge in [0.1, 0.15) is 17.1 Å². The van der Waals surface area contributed by atoms with E-state index in [4.69, 9.17) is 4.52 Å². The number of carbonyl (C=O) groups is 1. The fraction of sp³-hybridized carbons (Fsp3) is 0.133. The summed E-state index contributed by atoms with van der Waals surface area (Å²) in [5, 5.41) is 15.3. The van der Waals surface area contributed by atoms with Gasteiger partial charge in [0.05, 0.1) is 5.75 Å². The van der Waals surface area contributed by atoms with Crippen LogP contribution in [-0.2, 0) is 4.79 Å². The number of fused-ring (bicyclic) bond motifs is 3. The highest BCUT2D eigenvalue weighted by Crippen LogP contribution is 2.24. The average Bonchev–Trinajstić information content (AvgIpc) is 3.15. The van der Waals surface area contributed by atoms with E-state index >= 15 is 0 Å². The molecule has 10 heteroatoms. The fourth-order valence-corrected chi connectivity index (χ4v) is 2.91. The molecule has 1 aromatic carbocycles. The van der Waals surface area contributed by atoms with Gasteiger partial charge < -0.3 is 14.8 Å².